The lowest BCUT2D eigenvalue weighted by atomic mass is 10.1. The van der Waals surface area contributed by atoms with E-state index in [1.807, 2.05) is 0 Å². The van der Waals surface area contributed by atoms with E-state index in [4.69, 9.17) is 24.1 Å². The SMILES string of the molecule is [B]C(=O)OC[C@H]1O[C@H](n2cc(C(N)=O)c3c(N)nc(C)nc32)C(O)C1O. The number of carbonyl (C=O) groups excluding carboxylic acids is 2. The number of carbonyl (C=O) groups is 2. The highest BCUT2D eigenvalue weighted by molar-refractivity contribution is 6.55. The third-order valence-corrected chi connectivity index (χ3v) is 4.08. The monoisotopic (exact) mass is 361 g/mol. The highest BCUT2D eigenvalue weighted by atomic mass is 16.6. The van der Waals surface area contributed by atoms with Gasteiger partial charge in [-0.3, -0.25) is 9.59 Å². The molecule has 0 saturated carbocycles. The van der Waals surface area contributed by atoms with Gasteiger partial charge in [0.25, 0.3) is 5.91 Å². The molecule has 6 N–H and O–H groups in total. The van der Waals surface area contributed by atoms with Crippen molar-refractivity contribution in [2.75, 3.05) is 12.3 Å². The lowest BCUT2D eigenvalue weighted by Gasteiger charge is -2.17. The standard InChI is InChI=1S/C14H16BN5O6/c1-4-18-10(16)7-5(11(17)23)2-20(12(7)19-4)13-9(22)8(21)6(26-13)3-25-14(15)24/h2,6,8-9,13,21-22H,3H2,1H3,(H2,17,23)(H2,16,18,19)/t6-,8?,9?,13+/m1/s1. The first kappa shape index (κ1) is 18.1. The van der Waals surface area contributed by atoms with Gasteiger partial charge in [-0.2, -0.15) is 0 Å². The Hall–Kier alpha value is -2.70. The quantitative estimate of drug-likeness (QED) is 0.465. The number of rotatable bonds is 4. The molecule has 4 atom stereocenters. The molecule has 1 amide bonds. The first-order valence-corrected chi connectivity index (χ1v) is 7.59. The average Bonchev–Trinajstić information content (AvgIpc) is 3.05. The molecule has 3 rings (SSSR count). The van der Waals surface area contributed by atoms with E-state index in [-0.39, 0.29) is 29.0 Å². The number of hydrogen-bond donors (Lipinski definition) is 4. The Morgan fingerprint density at radius 3 is 2.69 bits per heavy atom. The molecule has 0 bridgehead atoms. The van der Waals surface area contributed by atoms with Crippen LogP contribution in [0.3, 0.4) is 0 Å². The van der Waals surface area contributed by atoms with E-state index in [0.717, 1.165) is 0 Å². The summed E-state index contributed by atoms with van der Waals surface area (Å²) in [5, 5.41) is 20.7. The molecule has 0 spiro atoms. The maximum absolute atomic E-state index is 11.7. The average molecular weight is 361 g/mol. The fourth-order valence-electron chi connectivity index (χ4n) is 2.93. The molecule has 3 heterocycles. The summed E-state index contributed by atoms with van der Waals surface area (Å²) in [5.41, 5.74) is 11.5. The van der Waals surface area contributed by atoms with E-state index in [9.17, 15) is 19.8 Å². The Labute approximate surface area is 148 Å². The van der Waals surface area contributed by atoms with E-state index in [1.165, 1.54) is 10.8 Å². The van der Waals surface area contributed by atoms with Crippen molar-refractivity contribution in [2.45, 2.75) is 31.5 Å². The molecule has 136 valence electrons. The molecule has 2 unspecified atom stereocenters. The van der Waals surface area contributed by atoms with Crippen LogP contribution in [0.15, 0.2) is 6.20 Å². The molecule has 0 aromatic carbocycles. The second-order valence-corrected chi connectivity index (χ2v) is 5.85. The Balaban J connectivity index is 2.05. The summed E-state index contributed by atoms with van der Waals surface area (Å²) in [4.78, 5) is 30.7. The van der Waals surface area contributed by atoms with Gasteiger partial charge in [-0.05, 0) is 6.92 Å². The summed E-state index contributed by atoms with van der Waals surface area (Å²) in [6.07, 6.45) is -3.61. The number of ether oxygens (including phenoxy) is 2. The van der Waals surface area contributed by atoms with Gasteiger partial charge in [-0.25, -0.2) is 9.97 Å². The maximum atomic E-state index is 11.7. The van der Waals surface area contributed by atoms with Crippen molar-refractivity contribution >= 4 is 36.5 Å². The van der Waals surface area contributed by atoms with Gasteiger partial charge in [0.2, 0.25) is 13.7 Å². The number of nitrogen functional groups attached to an aromatic ring is 1. The summed E-state index contributed by atoms with van der Waals surface area (Å²) >= 11 is 0. The number of nitrogens with two attached hydrogens (primary N) is 2. The number of aromatic nitrogens is 3. The second kappa shape index (κ2) is 6.55. The molecule has 12 heteroatoms. The first-order chi connectivity index (χ1) is 12.2. The van der Waals surface area contributed by atoms with Crippen LogP contribution >= 0.6 is 0 Å². The van der Waals surface area contributed by atoms with Crippen molar-refractivity contribution in [1.82, 2.24) is 14.5 Å². The predicted octanol–water partition coefficient (Wildman–Crippen LogP) is -1.65. The predicted molar refractivity (Wildman–Crippen MR) is 88.2 cm³/mol. The molecule has 2 aromatic heterocycles. The summed E-state index contributed by atoms with van der Waals surface area (Å²) < 4.78 is 11.5. The lowest BCUT2D eigenvalue weighted by molar-refractivity contribution is -0.0511. The van der Waals surface area contributed by atoms with Crippen LogP contribution in [-0.4, -0.2) is 69.3 Å². The molecular weight excluding hydrogens is 345 g/mol. The van der Waals surface area contributed by atoms with Gasteiger partial charge < -0.3 is 35.7 Å². The minimum absolute atomic E-state index is 0.0413. The van der Waals surface area contributed by atoms with Gasteiger partial charge in [0.1, 0.15) is 42.2 Å². The fourth-order valence-corrected chi connectivity index (χ4v) is 2.93. The number of fused-ring (bicyclic) bond motifs is 1. The van der Waals surface area contributed by atoms with Crippen LogP contribution in [0.25, 0.3) is 11.0 Å². The zero-order chi connectivity index (χ0) is 19.2. The van der Waals surface area contributed by atoms with E-state index in [0.29, 0.717) is 5.82 Å². The smallest absolute Gasteiger partial charge is 0.251 e. The highest BCUT2D eigenvalue weighted by Gasteiger charge is 2.45. The van der Waals surface area contributed by atoms with E-state index < -0.39 is 36.3 Å². The van der Waals surface area contributed by atoms with Crippen LogP contribution in [0.2, 0.25) is 0 Å². The summed E-state index contributed by atoms with van der Waals surface area (Å²) in [6.45, 7) is 1.24. The van der Waals surface area contributed by atoms with Crippen LogP contribution < -0.4 is 11.5 Å². The minimum atomic E-state index is -1.40. The Kier molecular flexibility index (Phi) is 4.56. The van der Waals surface area contributed by atoms with Crippen LogP contribution in [0, 0.1) is 6.92 Å². The topological polar surface area (TPSA) is 176 Å². The molecule has 1 aliphatic rings. The van der Waals surface area contributed by atoms with Crippen LogP contribution in [0.1, 0.15) is 22.4 Å². The molecular formula is C14H16BN5O6. The largest absolute Gasteiger partial charge is 0.472 e. The van der Waals surface area contributed by atoms with Crippen LogP contribution in [-0.2, 0) is 9.47 Å². The lowest BCUT2D eigenvalue weighted by Crippen LogP contribution is -2.34. The molecule has 1 fully saturated rings. The van der Waals surface area contributed by atoms with Crippen molar-refractivity contribution in [3.63, 3.8) is 0 Å². The van der Waals surface area contributed by atoms with Crippen LogP contribution in [0.4, 0.5) is 10.6 Å². The van der Waals surface area contributed by atoms with Crippen molar-refractivity contribution in [3.05, 3.63) is 17.6 Å². The summed E-state index contributed by atoms with van der Waals surface area (Å²) in [5.74, 6) is -1.44. The zero-order valence-corrected chi connectivity index (χ0v) is 13.7. The summed E-state index contributed by atoms with van der Waals surface area (Å²) in [6, 6.07) is 0. The van der Waals surface area contributed by atoms with Crippen LogP contribution in [0.5, 0.6) is 0 Å². The molecule has 2 radical (unpaired) electrons. The molecule has 1 saturated heterocycles. The van der Waals surface area contributed by atoms with Gasteiger partial charge in [0.05, 0.1) is 10.9 Å². The van der Waals surface area contributed by atoms with Gasteiger partial charge in [-0.15, -0.1) is 0 Å². The van der Waals surface area contributed by atoms with Crippen molar-refractivity contribution in [3.8, 4) is 0 Å². The highest BCUT2D eigenvalue weighted by Crippen LogP contribution is 2.34. The third kappa shape index (κ3) is 2.98. The normalized spacial score (nSPS) is 25.5. The van der Waals surface area contributed by atoms with Gasteiger partial charge in [0.15, 0.2) is 6.23 Å². The molecule has 26 heavy (non-hydrogen) atoms. The number of anilines is 1. The number of nitrogens with zero attached hydrogens (tertiary/aromatic N) is 3. The van der Waals surface area contributed by atoms with E-state index in [1.54, 1.807) is 6.92 Å². The van der Waals surface area contributed by atoms with Crippen molar-refractivity contribution < 1.29 is 29.3 Å². The third-order valence-electron chi connectivity index (χ3n) is 4.08. The fraction of sp³-hybridized carbons (Fsp3) is 0.429. The minimum Gasteiger partial charge on any atom is -0.472 e. The summed E-state index contributed by atoms with van der Waals surface area (Å²) in [7, 11) is 4.89. The molecule has 2 aromatic rings. The number of amides is 1. The number of hydrogen-bond acceptors (Lipinski definition) is 9. The zero-order valence-electron chi connectivity index (χ0n) is 13.7. The maximum Gasteiger partial charge on any atom is 0.251 e. The number of aliphatic hydroxyl groups is 2. The Morgan fingerprint density at radius 1 is 1.38 bits per heavy atom. The van der Waals surface area contributed by atoms with Gasteiger partial charge in [-0.1, -0.05) is 0 Å². The number of aryl methyl sites for hydroxylation is 1. The number of aliphatic hydroxyl groups excluding tert-OH is 2. The number of primary amides is 1. The van der Waals surface area contributed by atoms with E-state index >= 15 is 0 Å². The van der Waals surface area contributed by atoms with E-state index in [2.05, 4.69) is 14.7 Å². The van der Waals surface area contributed by atoms with Gasteiger partial charge in [0, 0.05) is 6.20 Å². The molecule has 1 aliphatic heterocycles. The Morgan fingerprint density at radius 2 is 2.08 bits per heavy atom. The Bertz CT molecular complexity index is 886. The van der Waals surface area contributed by atoms with Gasteiger partial charge >= 0.3 is 0 Å². The molecule has 0 aliphatic carbocycles. The first-order valence-electron chi connectivity index (χ1n) is 7.59. The van der Waals surface area contributed by atoms with Crippen molar-refractivity contribution in [1.29, 1.82) is 0 Å². The van der Waals surface area contributed by atoms with Crippen molar-refractivity contribution in [2.24, 2.45) is 5.73 Å². The second-order valence-electron chi connectivity index (χ2n) is 5.85. The molecule has 11 nitrogen and oxygen atoms in total.